The molecule has 0 aliphatic rings. The van der Waals surface area contributed by atoms with E-state index >= 15 is 0 Å². The highest BCUT2D eigenvalue weighted by Gasteiger charge is 2.07. The highest BCUT2D eigenvalue weighted by molar-refractivity contribution is 6.36. The van der Waals surface area contributed by atoms with Crippen LogP contribution in [0, 0.1) is 0 Å². The van der Waals surface area contributed by atoms with E-state index in [9.17, 15) is 0 Å². The van der Waals surface area contributed by atoms with Crippen molar-refractivity contribution in [2.75, 3.05) is 5.32 Å². The molecule has 0 saturated heterocycles. The van der Waals surface area contributed by atoms with Gasteiger partial charge in [-0.3, -0.25) is 5.10 Å². The van der Waals surface area contributed by atoms with Crippen LogP contribution in [-0.2, 0) is 0 Å². The van der Waals surface area contributed by atoms with Crippen LogP contribution in [0.5, 0.6) is 0 Å². The van der Waals surface area contributed by atoms with Crippen molar-refractivity contribution in [2.24, 2.45) is 0 Å². The predicted octanol–water partition coefficient (Wildman–Crippen LogP) is 3.40. The average molecular weight is 280 g/mol. The van der Waals surface area contributed by atoms with Crippen molar-refractivity contribution in [2.45, 2.75) is 0 Å². The third-order valence-electron chi connectivity index (χ3n) is 2.43. The van der Waals surface area contributed by atoms with Gasteiger partial charge in [0.1, 0.15) is 12.1 Å². The van der Waals surface area contributed by atoms with E-state index in [2.05, 4.69) is 25.5 Å². The van der Waals surface area contributed by atoms with E-state index in [4.69, 9.17) is 23.2 Å². The maximum Gasteiger partial charge on any atom is 0.160 e. The van der Waals surface area contributed by atoms with Crippen molar-refractivity contribution in [3.05, 3.63) is 40.8 Å². The van der Waals surface area contributed by atoms with Crippen LogP contribution in [0.3, 0.4) is 0 Å². The molecule has 2 N–H and O–H groups in total. The van der Waals surface area contributed by atoms with Gasteiger partial charge in [0.2, 0.25) is 0 Å². The maximum absolute atomic E-state index is 6.09. The first-order chi connectivity index (χ1) is 8.74. The van der Waals surface area contributed by atoms with Crippen LogP contribution in [0.4, 0.5) is 11.5 Å². The number of aromatic nitrogens is 4. The van der Waals surface area contributed by atoms with Gasteiger partial charge in [-0.2, -0.15) is 5.10 Å². The summed E-state index contributed by atoms with van der Waals surface area (Å²) in [5, 5.41) is 11.7. The van der Waals surface area contributed by atoms with E-state index in [0.717, 1.165) is 11.1 Å². The van der Waals surface area contributed by atoms with E-state index < -0.39 is 0 Å². The Balaban J connectivity index is 2.03. The lowest BCUT2D eigenvalue weighted by molar-refractivity contribution is 1.09. The SMILES string of the molecule is Clc1ccc(Nc2ncnc3[nH]ncc23)c(Cl)c1. The van der Waals surface area contributed by atoms with Gasteiger partial charge in [0.25, 0.3) is 0 Å². The highest BCUT2D eigenvalue weighted by atomic mass is 35.5. The molecule has 90 valence electrons. The molecule has 0 saturated carbocycles. The molecule has 3 rings (SSSR count). The molecule has 0 spiro atoms. The standard InChI is InChI=1S/C11H7Cl2N5/c12-6-1-2-9(8(13)3-6)17-10-7-4-16-18-11(7)15-5-14-10/h1-5H,(H2,14,15,16,17,18). The van der Waals surface area contributed by atoms with E-state index in [1.54, 1.807) is 24.4 Å². The number of hydrogen-bond acceptors (Lipinski definition) is 4. The van der Waals surface area contributed by atoms with Crippen LogP contribution in [0.25, 0.3) is 11.0 Å². The van der Waals surface area contributed by atoms with Gasteiger partial charge in [0.15, 0.2) is 5.65 Å². The van der Waals surface area contributed by atoms with E-state index in [1.165, 1.54) is 6.33 Å². The number of hydrogen-bond donors (Lipinski definition) is 2. The Kier molecular flexibility index (Phi) is 2.77. The first kappa shape index (κ1) is 11.3. The Hall–Kier alpha value is -1.85. The van der Waals surface area contributed by atoms with Crippen LogP contribution >= 0.6 is 23.2 Å². The minimum absolute atomic E-state index is 0.526. The summed E-state index contributed by atoms with van der Waals surface area (Å²) in [5.74, 6) is 0.637. The molecule has 2 aromatic heterocycles. The third-order valence-corrected chi connectivity index (χ3v) is 2.98. The first-order valence-corrected chi connectivity index (χ1v) is 5.86. The largest absolute Gasteiger partial charge is 0.338 e. The zero-order valence-corrected chi connectivity index (χ0v) is 10.5. The molecule has 2 heterocycles. The molecule has 3 aromatic rings. The normalized spacial score (nSPS) is 10.8. The molecular weight excluding hydrogens is 273 g/mol. The molecule has 0 aliphatic heterocycles. The summed E-state index contributed by atoms with van der Waals surface area (Å²) in [4.78, 5) is 8.22. The second-order valence-electron chi connectivity index (χ2n) is 3.60. The molecule has 1 aromatic carbocycles. The van der Waals surface area contributed by atoms with E-state index in [1.807, 2.05) is 0 Å². The lowest BCUT2D eigenvalue weighted by Crippen LogP contribution is -1.95. The van der Waals surface area contributed by atoms with Crippen LogP contribution in [-0.4, -0.2) is 20.2 Å². The fourth-order valence-corrected chi connectivity index (χ4v) is 2.04. The summed E-state index contributed by atoms with van der Waals surface area (Å²) in [6.07, 6.45) is 3.11. The Morgan fingerprint density at radius 2 is 2.06 bits per heavy atom. The molecule has 7 heteroatoms. The number of benzene rings is 1. The van der Waals surface area contributed by atoms with Gasteiger partial charge < -0.3 is 5.32 Å². The minimum atomic E-state index is 0.526. The Labute approximate surface area is 112 Å². The van der Waals surface area contributed by atoms with Gasteiger partial charge in [-0.15, -0.1) is 0 Å². The average Bonchev–Trinajstić information content (AvgIpc) is 2.82. The topological polar surface area (TPSA) is 66.5 Å². The lowest BCUT2D eigenvalue weighted by Gasteiger charge is -2.08. The van der Waals surface area contributed by atoms with Gasteiger partial charge in [-0.25, -0.2) is 9.97 Å². The first-order valence-electron chi connectivity index (χ1n) is 5.10. The Morgan fingerprint density at radius 1 is 1.17 bits per heavy atom. The quantitative estimate of drug-likeness (QED) is 0.755. The molecule has 0 bridgehead atoms. The van der Waals surface area contributed by atoms with Crippen molar-refractivity contribution in [1.29, 1.82) is 0 Å². The molecule has 0 amide bonds. The number of nitrogens with zero attached hydrogens (tertiary/aromatic N) is 3. The van der Waals surface area contributed by atoms with Gasteiger partial charge in [0, 0.05) is 5.02 Å². The van der Waals surface area contributed by atoms with Crippen molar-refractivity contribution in [3.8, 4) is 0 Å². The lowest BCUT2D eigenvalue weighted by atomic mass is 10.3. The second kappa shape index (κ2) is 4.44. The molecule has 18 heavy (non-hydrogen) atoms. The highest BCUT2D eigenvalue weighted by Crippen LogP contribution is 2.29. The fourth-order valence-electron chi connectivity index (χ4n) is 1.58. The Morgan fingerprint density at radius 3 is 2.89 bits per heavy atom. The van der Waals surface area contributed by atoms with Gasteiger partial charge in [-0.1, -0.05) is 23.2 Å². The third kappa shape index (κ3) is 1.98. The van der Waals surface area contributed by atoms with Crippen molar-refractivity contribution in [3.63, 3.8) is 0 Å². The number of aromatic amines is 1. The summed E-state index contributed by atoms with van der Waals surface area (Å²) in [6.45, 7) is 0. The minimum Gasteiger partial charge on any atom is -0.338 e. The Bertz CT molecular complexity index is 709. The molecule has 0 radical (unpaired) electrons. The molecule has 0 fully saturated rings. The van der Waals surface area contributed by atoms with Gasteiger partial charge >= 0.3 is 0 Å². The van der Waals surface area contributed by atoms with Crippen LogP contribution in [0.15, 0.2) is 30.7 Å². The molecule has 0 aliphatic carbocycles. The van der Waals surface area contributed by atoms with E-state index in [0.29, 0.717) is 21.5 Å². The van der Waals surface area contributed by atoms with Crippen molar-refractivity contribution < 1.29 is 0 Å². The number of nitrogens with one attached hydrogen (secondary N) is 2. The molecule has 5 nitrogen and oxygen atoms in total. The number of anilines is 2. The zero-order chi connectivity index (χ0) is 12.5. The number of halogens is 2. The number of rotatable bonds is 2. The fraction of sp³-hybridized carbons (Fsp3) is 0. The zero-order valence-electron chi connectivity index (χ0n) is 8.98. The monoisotopic (exact) mass is 279 g/mol. The van der Waals surface area contributed by atoms with Crippen LogP contribution in [0.2, 0.25) is 10.0 Å². The molecule has 0 unspecified atom stereocenters. The van der Waals surface area contributed by atoms with Crippen molar-refractivity contribution in [1.82, 2.24) is 20.2 Å². The van der Waals surface area contributed by atoms with Gasteiger partial charge in [-0.05, 0) is 18.2 Å². The number of fused-ring (bicyclic) bond motifs is 1. The summed E-state index contributed by atoms with van der Waals surface area (Å²) in [5.41, 5.74) is 1.39. The maximum atomic E-state index is 6.09. The van der Waals surface area contributed by atoms with Crippen LogP contribution in [0.1, 0.15) is 0 Å². The molecule has 0 atom stereocenters. The smallest absolute Gasteiger partial charge is 0.160 e. The summed E-state index contributed by atoms with van der Waals surface area (Å²) >= 11 is 11.9. The summed E-state index contributed by atoms with van der Waals surface area (Å²) in [7, 11) is 0. The van der Waals surface area contributed by atoms with E-state index in [-0.39, 0.29) is 0 Å². The summed E-state index contributed by atoms with van der Waals surface area (Å²) < 4.78 is 0. The summed E-state index contributed by atoms with van der Waals surface area (Å²) in [6, 6.07) is 5.21. The predicted molar refractivity (Wildman–Crippen MR) is 71.4 cm³/mol. The molecular formula is C11H7Cl2N5. The van der Waals surface area contributed by atoms with Crippen molar-refractivity contribution >= 4 is 45.7 Å². The second-order valence-corrected chi connectivity index (χ2v) is 4.45. The van der Waals surface area contributed by atoms with Crippen LogP contribution < -0.4 is 5.32 Å². The number of H-pyrrole nitrogens is 1. The van der Waals surface area contributed by atoms with Gasteiger partial charge in [0.05, 0.1) is 22.3 Å².